The van der Waals surface area contributed by atoms with Crippen molar-refractivity contribution in [3.63, 3.8) is 0 Å². The van der Waals surface area contributed by atoms with Crippen LogP contribution in [0.5, 0.6) is 0 Å². The van der Waals surface area contributed by atoms with Gasteiger partial charge in [0, 0.05) is 13.0 Å². The highest BCUT2D eigenvalue weighted by Gasteiger charge is 2.17. The van der Waals surface area contributed by atoms with Gasteiger partial charge in [0.1, 0.15) is 0 Å². The maximum Gasteiger partial charge on any atom is 0.240 e. The molecular weight excluding hydrogens is 234 g/mol. The van der Waals surface area contributed by atoms with Crippen molar-refractivity contribution in [2.75, 3.05) is 33.4 Å². The molecule has 1 unspecified atom stereocenters. The molecule has 0 radical (unpaired) electrons. The van der Waals surface area contributed by atoms with Crippen molar-refractivity contribution in [3.8, 4) is 0 Å². The Bertz CT molecular complexity index is 350. The number of rotatable bonds is 6. The molecule has 1 fully saturated rings. The minimum Gasteiger partial charge on any atom is -0.376 e. The van der Waals surface area contributed by atoms with Gasteiger partial charge in [-0.05, 0) is 13.5 Å². The molecule has 6 heteroatoms. The van der Waals surface area contributed by atoms with Gasteiger partial charge in [0.05, 0.1) is 32.5 Å². The monoisotopic (exact) mass is 255 g/mol. The van der Waals surface area contributed by atoms with E-state index in [1.807, 2.05) is 7.05 Å². The van der Waals surface area contributed by atoms with Crippen LogP contribution in [0.15, 0.2) is 4.52 Å². The van der Waals surface area contributed by atoms with Crippen LogP contribution in [0.3, 0.4) is 0 Å². The van der Waals surface area contributed by atoms with E-state index < -0.39 is 0 Å². The minimum atomic E-state index is 0.141. The molecule has 0 bridgehead atoms. The standard InChI is InChI=1S/C12H21N3O3/c1-3-4-11-13-12(18-14-11)8-15(2)7-10-9-16-5-6-17-10/h10H,3-9H2,1-2H3. The average molecular weight is 255 g/mol. The van der Waals surface area contributed by atoms with Crippen molar-refractivity contribution in [1.29, 1.82) is 0 Å². The summed E-state index contributed by atoms with van der Waals surface area (Å²) in [4.78, 5) is 6.46. The number of likely N-dealkylation sites (N-methyl/N-ethyl adjacent to an activating group) is 1. The first-order chi connectivity index (χ1) is 8.78. The van der Waals surface area contributed by atoms with E-state index in [0.29, 0.717) is 32.3 Å². The first-order valence-electron chi connectivity index (χ1n) is 6.47. The highest BCUT2D eigenvalue weighted by Crippen LogP contribution is 2.06. The number of aryl methyl sites for hydroxylation is 1. The van der Waals surface area contributed by atoms with Crippen LogP contribution in [0, 0.1) is 0 Å². The number of aromatic nitrogens is 2. The Morgan fingerprint density at radius 3 is 3.00 bits per heavy atom. The molecule has 0 aromatic carbocycles. The van der Waals surface area contributed by atoms with Crippen molar-refractivity contribution >= 4 is 0 Å². The molecule has 0 amide bonds. The fraction of sp³-hybridized carbons (Fsp3) is 0.833. The molecule has 0 spiro atoms. The molecule has 2 heterocycles. The van der Waals surface area contributed by atoms with Gasteiger partial charge < -0.3 is 14.0 Å². The largest absolute Gasteiger partial charge is 0.376 e. The Kier molecular flexibility index (Phi) is 5.10. The summed E-state index contributed by atoms with van der Waals surface area (Å²) in [6, 6.07) is 0. The fourth-order valence-electron chi connectivity index (χ4n) is 1.96. The van der Waals surface area contributed by atoms with Gasteiger partial charge in [-0.2, -0.15) is 4.98 Å². The van der Waals surface area contributed by atoms with E-state index in [1.165, 1.54) is 0 Å². The van der Waals surface area contributed by atoms with Crippen LogP contribution >= 0.6 is 0 Å². The Morgan fingerprint density at radius 2 is 2.28 bits per heavy atom. The summed E-state index contributed by atoms with van der Waals surface area (Å²) < 4.78 is 16.2. The second kappa shape index (κ2) is 6.82. The molecule has 102 valence electrons. The summed E-state index contributed by atoms with van der Waals surface area (Å²) in [7, 11) is 2.02. The van der Waals surface area contributed by atoms with Crippen LogP contribution in [-0.2, 0) is 22.4 Å². The highest BCUT2D eigenvalue weighted by atomic mass is 16.6. The molecule has 1 atom stereocenters. The summed E-state index contributed by atoms with van der Waals surface area (Å²) in [5.74, 6) is 1.45. The summed E-state index contributed by atoms with van der Waals surface area (Å²) in [6.07, 6.45) is 2.04. The lowest BCUT2D eigenvalue weighted by Crippen LogP contribution is -2.38. The third-order valence-electron chi connectivity index (χ3n) is 2.79. The van der Waals surface area contributed by atoms with Crippen molar-refractivity contribution in [2.24, 2.45) is 0 Å². The van der Waals surface area contributed by atoms with Crippen LogP contribution in [-0.4, -0.2) is 54.6 Å². The lowest BCUT2D eigenvalue weighted by molar-refractivity contribution is -0.0967. The summed E-state index contributed by atoms with van der Waals surface area (Å²) in [6.45, 7) is 5.60. The van der Waals surface area contributed by atoms with Gasteiger partial charge in [-0.1, -0.05) is 12.1 Å². The van der Waals surface area contributed by atoms with E-state index in [1.54, 1.807) is 0 Å². The molecule has 1 aliphatic heterocycles. The van der Waals surface area contributed by atoms with Gasteiger partial charge in [0.15, 0.2) is 5.82 Å². The van der Waals surface area contributed by atoms with Crippen molar-refractivity contribution in [1.82, 2.24) is 15.0 Å². The smallest absolute Gasteiger partial charge is 0.240 e. The maximum absolute atomic E-state index is 5.60. The second-order valence-corrected chi connectivity index (χ2v) is 4.62. The van der Waals surface area contributed by atoms with E-state index in [4.69, 9.17) is 14.0 Å². The van der Waals surface area contributed by atoms with E-state index >= 15 is 0 Å². The zero-order valence-corrected chi connectivity index (χ0v) is 11.1. The maximum atomic E-state index is 5.60. The van der Waals surface area contributed by atoms with Gasteiger partial charge in [0.25, 0.3) is 0 Å². The molecular formula is C12H21N3O3. The zero-order valence-electron chi connectivity index (χ0n) is 11.1. The Balaban J connectivity index is 1.76. The first kappa shape index (κ1) is 13.5. The van der Waals surface area contributed by atoms with Gasteiger partial charge >= 0.3 is 0 Å². The van der Waals surface area contributed by atoms with Crippen LogP contribution < -0.4 is 0 Å². The highest BCUT2D eigenvalue weighted by molar-refractivity contribution is 4.86. The number of hydrogen-bond donors (Lipinski definition) is 0. The van der Waals surface area contributed by atoms with Crippen molar-refractivity contribution in [2.45, 2.75) is 32.4 Å². The molecule has 2 rings (SSSR count). The third-order valence-corrected chi connectivity index (χ3v) is 2.79. The van der Waals surface area contributed by atoms with Crippen LogP contribution in [0.2, 0.25) is 0 Å². The third kappa shape index (κ3) is 4.04. The van der Waals surface area contributed by atoms with Crippen LogP contribution in [0.1, 0.15) is 25.1 Å². The van der Waals surface area contributed by atoms with Gasteiger partial charge in [0.2, 0.25) is 5.89 Å². The molecule has 1 aliphatic rings. The van der Waals surface area contributed by atoms with E-state index in [0.717, 1.165) is 25.2 Å². The second-order valence-electron chi connectivity index (χ2n) is 4.62. The van der Waals surface area contributed by atoms with Crippen molar-refractivity contribution in [3.05, 3.63) is 11.7 Å². The van der Waals surface area contributed by atoms with Gasteiger partial charge in [-0.3, -0.25) is 4.90 Å². The molecule has 18 heavy (non-hydrogen) atoms. The van der Waals surface area contributed by atoms with E-state index in [9.17, 15) is 0 Å². The predicted molar refractivity (Wildman–Crippen MR) is 65.2 cm³/mol. The topological polar surface area (TPSA) is 60.6 Å². The quantitative estimate of drug-likeness (QED) is 0.751. The SMILES string of the molecule is CCCc1noc(CN(C)CC2COCCO2)n1. The van der Waals surface area contributed by atoms with Gasteiger partial charge in [-0.25, -0.2) is 0 Å². The molecule has 1 aromatic heterocycles. The number of ether oxygens (including phenoxy) is 2. The van der Waals surface area contributed by atoms with Crippen LogP contribution in [0.25, 0.3) is 0 Å². The van der Waals surface area contributed by atoms with E-state index in [2.05, 4.69) is 22.0 Å². The van der Waals surface area contributed by atoms with Crippen LogP contribution in [0.4, 0.5) is 0 Å². The summed E-state index contributed by atoms with van der Waals surface area (Å²) >= 11 is 0. The first-order valence-corrected chi connectivity index (χ1v) is 6.47. The average Bonchev–Trinajstić information content (AvgIpc) is 2.78. The molecule has 0 N–H and O–H groups in total. The lowest BCUT2D eigenvalue weighted by Gasteiger charge is -2.26. The Hall–Kier alpha value is -0.980. The van der Waals surface area contributed by atoms with Gasteiger partial charge in [-0.15, -0.1) is 0 Å². The fourth-order valence-corrected chi connectivity index (χ4v) is 1.96. The lowest BCUT2D eigenvalue weighted by atomic mass is 10.3. The Morgan fingerprint density at radius 1 is 1.39 bits per heavy atom. The number of hydrogen-bond acceptors (Lipinski definition) is 6. The normalized spacial score (nSPS) is 20.5. The zero-order chi connectivity index (χ0) is 12.8. The molecule has 0 aliphatic carbocycles. The molecule has 1 aromatic rings. The van der Waals surface area contributed by atoms with E-state index in [-0.39, 0.29) is 6.10 Å². The summed E-state index contributed by atoms with van der Waals surface area (Å²) in [5, 5.41) is 3.94. The minimum absolute atomic E-state index is 0.141. The molecule has 6 nitrogen and oxygen atoms in total. The predicted octanol–water partition coefficient (Wildman–Crippen LogP) is 0.869. The Labute approximate surface area is 107 Å². The molecule has 0 saturated carbocycles. The number of nitrogens with zero attached hydrogens (tertiary/aromatic N) is 3. The summed E-state index contributed by atoms with van der Waals surface area (Å²) in [5.41, 5.74) is 0. The van der Waals surface area contributed by atoms with Crippen molar-refractivity contribution < 1.29 is 14.0 Å². The molecule has 1 saturated heterocycles.